The van der Waals surface area contributed by atoms with E-state index in [1.165, 1.54) is 16.7 Å². The van der Waals surface area contributed by atoms with Crippen molar-refractivity contribution in [3.05, 3.63) is 64.7 Å². The van der Waals surface area contributed by atoms with E-state index in [-0.39, 0.29) is 6.04 Å². The molecule has 2 heteroatoms. The molecule has 0 amide bonds. The van der Waals surface area contributed by atoms with Crippen LogP contribution in [0.4, 0.5) is 0 Å². The molecule has 2 aromatic carbocycles. The minimum Gasteiger partial charge on any atom is -0.488 e. The number of para-hydroxylation sites is 1. The van der Waals surface area contributed by atoms with Crippen LogP contribution in [-0.2, 0) is 13.0 Å². The lowest BCUT2D eigenvalue weighted by atomic mass is 10.0. The molecule has 0 spiro atoms. The summed E-state index contributed by atoms with van der Waals surface area (Å²) in [7, 11) is 0. The lowest BCUT2D eigenvalue weighted by molar-refractivity contribution is 0.299. The number of ether oxygens (including phenoxy) is 1. The zero-order valence-corrected chi connectivity index (χ0v) is 12.5. The Labute approximate surface area is 121 Å². The molecule has 2 rings (SSSR count). The van der Waals surface area contributed by atoms with Crippen LogP contribution < -0.4 is 10.5 Å². The highest BCUT2D eigenvalue weighted by molar-refractivity contribution is 5.41. The molecule has 0 saturated heterocycles. The molecule has 0 saturated carbocycles. The van der Waals surface area contributed by atoms with Crippen LogP contribution in [0, 0.1) is 13.8 Å². The Morgan fingerprint density at radius 1 is 0.950 bits per heavy atom. The number of nitrogens with two attached hydrogens (primary N) is 1. The summed E-state index contributed by atoms with van der Waals surface area (Å²) in [4.78, 5) is 0. The fourth-order valence-corrected chi connectivity index (χ4v) is 2.35. The van der Waals surface area contributed by atoms with Gasteiger partial charge in [-0.1, -0.05) is 42.5 Å². The third-order valence-electron chi connectivity index (χ3n) is 3.47. The minimum atomic E-state index is 0.137. The van der Waals surface area contributed by atoms with E-state index < -0.39 is 0 Å². The predicted molar refractivity (Wildman–Crippen MR) is 84.0 cm³/mol. The molecule has 2 N–H and O–H groups in total. The highest BCUT2D eigenvalue weighted by atomic mass is 16.5. The number of hydrogen-bond donors (Lipinski definition) is 1. The monoisotopic (exact) mass is 269 g/mol. The molecule has 2 aromatic rings. The van der Waals surface area contributed by atoms with Crippen molar-refractivity contribution in [2.75, 3.05) is 0 Å². The molecule has 0 aliphatic carbocycles. The number of benzene rings is 2. The van der Waals surface area contributed by atoms with E-state index in [9.17, 15) is 0 Å². The van der Waals surface area contributed by atoms with E-state index in [1.54, 1.807) is 0 Å². The normalized spacial score (nSPS) is 12.2. The van der Waals surface area contributed by atoms with Gasteiger partial charge in [-0.2, -0.15) is 0 Å². The summed E-state index contributed by atoms with van der Waals surface area (Å²) < 4.78 is 6.08. The van der Waals surface area contributed by atoms with Gasteiger partial charge in [0.2, 0.25) is 0 Å². The molecule has 0 aliphatic heterocycles. The highest BCUT2D eigenvalue weighted by Gasteiger charge is 2.09. The Hall–Kier alpha value is -1.80. The molecular weight excluding hydrogens is 246 g/mol. The summed E-state index contributed by atoms with van der Waals surface area (Å²) in [5, 5.41) is 0. The maximum atomic E-state index is 6.08. The summed E-state index contributed by atoms with van der Waals surface area (Å²) in [6.45, 7) is 6.81. The van der Waals surface area contributed by atoms with E-state index >= 15 is 0 Å². The third kappa shape index (κ3) is 3.61. The fraction of sp³-hybridized carbons (Fsp3) is 0.333. The van der Waals surface area contributed by atoms with Gasteiger partial charge in [0.05, 0.1) is 0 Å². The molecule has 106 valence electrons. The first-order valence-electron chi connectivity index (χ1n) is 7.09. The molecular formula is C18H23NO. The van der Waals surface area contributed by atoms with Crippen molar-refractivity contribution < 1.29 is 4.74 Å². The van der Waals surface area contributed by atoms with Crippen LogP contribution in [0.5, 0.6) is 5.75 Å². The molecule has 1 unspecified atom stereocenters. The van der Waals surface area contributed by atoms with Gasteiger partial charge in [0.1, 0.15) is 12.4 Å². The Kier molecular flexibility index (Phi) is 4.80. The molecule has 1 atom stereocenters. The first-order valence-corrected chi connectivity index (χ1v) is 7.09. The SMILES string of the molecule is Cc1ccccc1COc1c(C)cccc1CC(C)N. The van der Waals surface area contributed by atoms with Gasteiger partial charge in [0.25, 0.3) is 0 Å². The minimum absolute atomic E-state index is 0.137. The van der Waals surface area contributed by atoms with Gasteiger partial charge in [-0.15, -0.1) is 0 Å². The van der Waals surface area contributed by atoms with Crippen LogP contribution in [0.1, 0.15) is 29.2 Å². The average Bonchev–Trinajstić information content (AvgIpc) is 2.39. The second-order valence-corrected chi connectivity index (χ2v) is 5.46. The van der Waals surface area contributed by atoms with Crippen molar-refractivity contribution >= 4 is 0 Å². The van der Waals surface area contributed by atoms with Gasteiger partial charge in [-0.05, 0) is 49.4 Å². The van der Waals surface area contributed by atoms with Crippen molar-refractivity contribution in [1.29, 1.82) is 0 Å². The van der Waals surface area contributed by atoms with Gasteiger partial charge in [-0.25, -0.2) is 0 Å². The Morgan fingerprint density at radius 3 is 2.30 bits per heavy atom. The molecule has 20 heavy (non-hydrogen) atoms. The number of rotatable bonds is 5. The van der Waals surface area contributed by atoms with E-state index in [4.69, 9.17) is 10.5 Å². The second-order valence-electron chi connectivity index (χ2n) is 5.46. The zero-order chi connectivity index (χ0) is 14.5. The van der Waals surface area contributed by atoms with Crippen molar-refractivity contribution in [2.24, 2.45) is 5.73 Å². The van der Waals surface area contributed by atoms with Crippen molar-refractivity contribution in [1.82, 2.24) is 0 Å². The molecule has 0 heterocycles. The first-order chi connectivity index (χ1) is 9.58. The van der Waals surface area contributed by atoms with Crippen LogP contribution in [-0.4, -0.2) is 6.04 Å². The second kappa shape index (κ2) is 6.58. The van der Waals surface area contributed by atoms with E-state index in [1.807, 2.05) is 19.1 Å². The van der Waals surface area contributed by atoms with Gasteiger partial charge in [0.15, 0.2) is 0 Å². The predicted octanol–water partition coefficient (Wildman–Crippen LogP) is 3.77. The summed E-state index contributed by atoms with van der Waals surface area (Å²) in [6.07, 6.45) is 0.838. The lowest BCUT2D eigenvalue weighted by Gasteiger charge is -2.16. The molecule has 2 nitrogen and oxygen atoms in total. The van der Waals surface area contributed by atoms with Crippen LogP contribution in [0.3, 0.4) is 0 Å². The average molecular weight is 269 g/mol. The largest absolute Gasteiger partial charge is 0.488 e. The Bertz CT molecular complexity index is 575. The van der Waals surface area contributed by atoms with Gasteiger partial charge in [0, 0.05) is 6.04 Å². The maximum absolute atomic E-state index is 6.08. The topological polar surface area (TPSA) is 35.2 Å². The lowest BCUT2D eigenvalue weighted by Crippen LogP contribution is -2.18. The quantitative estimate of drug-likeness (QED) is 0.896. The van der Waals surface area contributed by atoms with Gasteiger partial charge >= 0.3 is 0 Å². The van der Waals surface area contributed by atoms with Crippen LogP contribution in [0.2, 0.25) is 0 Å². The summed E-state index contributed by atoms with van der Waals surface area (Å²) in [5.74, 6) is 0.980. The standard InChI is InChI=1S/C18H23NO/c1-13-7-4-5-9-17(13)12-20-18-14(2)8-6-10-16(18)11-15(3)19/h4-10,15H,11-12,19H2,1-3H3. The van der Waals surface area contributed by atoms with E-state index in [2.05, 4.69) is 44.2 Å². The van der Waals surface area contributed by atoms with Crippen molar-refractivity contribution in [2.45, 2.75) is 39.8 Å². The highest BCUT2D eigenvalue weighted by Crippen LogP contribution is 2.26. The molecule has 0 fully saturated rings. The zero-order valence-electron chi connectivity index (χ0n) is 12.5. The van der Waals surface area contributed by atoms with Crippen LogP contribution in [0.15, 0.2) is 42.5 Å². The molecule has 0 aliphatic rings. The van der Waals surface area contributed by atoms with Gasteiger partial charge < -0.3 is 10.5 Å². The Balaban J connectivity index is 2.18. The van der Waals surface area contributed by atoms with E-state index in [0.717, 1.165) is 17.7 Å². The van der Waals surface area contributed by atoms with Crippen LogP contribution in [0.25, 0.3) is 0 Å². The molecule has 0 radical (unpaired) electrons. The summed E-state index contributed by atoms with van der Waals surface area (Å²) in [5.41, 5.74) is 10.8. The van der Waals surface area contributed by atoms with E-state index in [0.29, 0.717) is 6.61 Å². The molecule has 0 aromatic heterocycles. The smallest absolute Gasteiger partial charge is 0.125 e. The van der Waals surface area contributed by atoms with Crippen LogP contribution >= 0.6 is 0 Å². The number of hydrogen-bond acceptors (Lipinski definition) is 2. The summed E-state index contributed by atoms with van der Waals surface area (Å²) >= 11 is 0. The Morgan fingerprint density at radius 2 is 1.60 bits per heavy atom. The third-order valence-corrected chi connectivity index (χ3v) is 3.47. The fourth-order valence-electron chi connectivity index (χ4n) is 2.35. The van der Waals surface area contributed by atoms with Crippen molar-refractivity contribution in [3.8, 4) is 5.75 Å². The van der Waals surface area contributed by atoms with Crippen molar-refractivity contribution in [3.63, 3.8) is 0 Å². The summed E-state index contributed by atoms with van der Waals surface area (Å²) in [6, 6.07) is 14.7. The first kappa shape index (κ1) is 14.6. The number of aryl methyl sites for hydroxylation is 2. The maximum Gasteiger partial charge on any atom is 0.125 e. The van der Waals surface area contributed by atoms with Gasteiger partial charge in [-0.3, -0.25) is 0 Å². The molecule has 0 bridgehead atoms.